The second-order valence-corrected chi connectivity index (χ2v) is 9.54. The first-order valence-corrected chi connectivity index (χ1v) is 11.9. The molecule has 2 N–H and O–H groups in total. The largest absolute Gasteiger partial charge is 0.478 e. The zero-order valence-electron chi connectivity index (χ0n) is 18.3. The van der Waals surface area contributed by atoms with Crippen molar-refractivity contribution in [3.8, 4) is 0 Å². The van der Waals surface area contributed by atoms with Crippen LogP contribution < -0.4 is 4.72 Å². The Hall–Kier alpha value is -3.54. The summed E-state index contributed by atoms with van der Waals surface area (Å²) in [6.45, 7) is 0. The topological polar surface area (TPSA) is 83.5 Å². The van der Waals surface area contributed by atoms with Crippen LogP contribution in [0.4, 0.5) is 32.0 Å². The number of alkyl halides is 6. The van der Waals surface area contributed by atoms with Crippen LogP contribution in [0.3, 0.4) is 0 Å². The molecule has 0 aromatic heterocycles. The quantitative estimate of drug-likeness (QED) is 0.330. The van der Waals surface area contributed by atoms with Crippen LogP contribution in [-0.4, -0.2) is 19.5 Å². The average Bonchev–Trinajstić information content (AvgIpc) is 2.79. The lowest BCUT2D eigenvalue weighted by Gasteiger charge is -2.16. The summed E-state index contributed by atoms with van der Waals surface area (Å²) in [5, 5.41) is 8.95. The van der Waals surface area contributed by atoms with Crippen LogP contribution in [-0.2, 0) is 35.2 Å². The first-order valence-electron chi connectivity index (χ1n) is 10.4. The highest BCUT2D eigenvalue weighted by molar-refractivity contribution is 7.92. The summed E-state index contributed by atoms with van der Waals surface area (Å²) in [5.74, 6) is -1.06. The van der Waals surface area contributed by atoms with E-state index < -0.39 is 44.4 Å². The highest BCUT2D eigenvalue weighted by atomic mass is 32.2. The molecular formula is C24H19F6NO4S. The van der Waals surface area contributed by atoms with Gasteiger partial charge in [0.1, 0.15) is 0 Å². The van der Waals surface area contributed by atoms with Crippen molar-refractivity contribution in [2.75, 3.05) is 4.72 Å². The molecule has 0 radical (unpaired) electrons. The van der Waals surface area contributed by atoms with Crippen LogP contribution in [0.2, 0.25) is 0 Å². The zero-order valence-corrected chi connectivity index (χ0v) is 19.1. The predicted molar refractivity (Wildman–Crippen MR) is 119 cm³/mol. The molecule has 0 aliphatic rings. The molecule has 0 saturated heterocycles. The van der Waals surface area contributed by atoms with Gasteiger partial charge in [-0.25, -0.2) is 13.2 Å². The Bertz CT molecular complexity index is 1320. The summed E-state index contributed by atoms with van der Waals surface area (Å²) in [6.07, 6.45) is -9.02. The number of para-hydroxylation sites is 1. The standard InChI is InChI=1S/C24H19F6NO4S/c25-23(26,27)18-12-19(24(28,29)30)14-20(13-18)36(34,35)31-21-7-2-1-5-16(21)6-3-4-15-8-10-17(11-9-15)22(32)33/h1-2,5,7-14,31H,3-4,6H2,(H,32,33). The normalized spacial score (nSPS) is 12.4. The van der Waals surface area contributed by atoms with E-state index in [9.17, 15) is 39.6 Å². The van der Waals surface area contributed by atoms with Gasteiger partial charge < -0.3 is 5.11 Å². The number of hydrogen-bond donors (Lipinski definition) is 2. The van der Waals surface area contributed by atoms with Crippen molar-refractivity contribution in [2.45, 2.75) is 36.5 Å². The third kappa shape index (κ3) is 6.78. The summed E-state index contributed by atoms with van der Waals surface area (Å²) < 4.78 is 107. The Labute approximate surface area is 202 Å². The molecule has 3 rings (SSSR count). The van der Waals surface area contributed by atoms with Crippen LogP contribution in [0.1, 0.15) is 39.0 Å². The molecule has 0 saturated carbocycles. The minimum atomic E-state index is -5.19. The summed E-state index contributed by atoms with van der Waals surface area (Å²) in [4.78, 5) is 9.76. The van der Waals surface area contributed by atoms with Gasteiger partial charge in [0.2, 0.25) is 0 Å². The Balaban J connectivity index is 1.82. The third-order valence-corrected chi connectivity index (χ3v) is 6.59. The van der Waals surface area contributed by atoms with Gasteiger partial charge in [0, 0.05) is 0 Å². The molecule has 0 atom stereocenters. The van der Waals surface area contributed by atoms with Gasteiger partial charge in [-0.15, -0.1) is 0 Å². The average molecular weight is 531 g/mol. The molecule has 0 heterocycles. The van der Waals surface area contributed by atoms with Gasteiger partial charge in [0.25, 0.3) is 10.0 Å². The van der Waals surface area contributed by atoms with E-state index in [0.29, 0.717) is 24.8 Å². The van der Waals surface area contributed by atoms with Crippen molar-refractivity contribution in [1.29, 1.82) is 0 Å². The molecule has 0 unspecified atom stereocenters. The van der Waals surface area contributed by atoms with Gasteiger partial charge in [0.05, 0.1) is 27.3 Å². The summed E-state index contributed by atoms with van der Waals surface area (Å²) in [6, 6.07) is 12.4. The molecule has 0 aliphatic carbocycles. The van der Waals surface area contributed by atoms with Gasteiger partial charge in [-0.2, -0.15) is 26.3 Å². The van der Waals surface area contributed by atoms with Crippen molar-refractivity contribution < 1.29 is 44.7 Å². The third-order valence-electron chi connectivity index (χ3n) is 5.25. The molecule has 0 aliphatic heterocycles. The molecule has 12 heteroatoms. The number of aromatic carboxylic acids is 1. The minimum absolute atomic E-state index is 0.0182. The van der Waals surface area contributed by atoms with E-state index in [1.165, 1.54) is 24.3 Å². The fourth-order valence-electron chi connectivity index (χ4n) is 3.42. The van der Waals surface area contributed by atoms with E-state index >= 15 is 0 Å². The summed E-state index contributed by atoms with van der Waals surface area (Å²) in [5.41, 5.74) is -2.01. The van der Waals surface area contributed by atoms with Crippen molar-refractivity contribution in [1.82, 2.24) is 0 Å². The number of nitrogens with one attached hydrogen (secondary N) is 1. The molecule has 0 fully saturated rings. The molecule has 3 aromatic rings. The smallest absolute Gasteiger partial charge is 0.416 e. The van der Waals surface area contributed by atoms with Crippen LogP contribution in [0.25, 0.3) is 0 Å². The number of rotatable bonds is 8. The van der Waals surface area contributed by atoms with Crippen molar-refractivity contribution >= 4 is 21.7 Å². The number of benzene rings is 3. The lowest BCUT2D eigenvalue weighted by molar-refractivity contribution is -0.143. The Morgan fingerprint density at radius 3 is 1.89 bits per heavy atom. The van der Waals surface area contributed by atoms with Gasteiger partial charge in [0.15, 0.2) is 0 Å². The molecule has 0 bridgehead atoms. The van der Waals surface area contributed by atoms with Crippen LogP contribution in [0.5, 0.6) is 0 Å². The molecule has 5 nitrogen and oxygen atoms in total. The maximum absolute atomic E-state index is 13.1. The van der Waals surface area contributed by atoms with Crippen molar-refractivity contribution in [3.05, 3.63) is 94.5 Å². The van der Waals surface area contributed by atoms with E-state index in [2.05, 4.69) is 4.72 Å². The molecule has 0 spiro atoms. The highest BCUT2D eigenvalue weighted by Gasteiger charge is 2.38. The number of sulfonamides is 1. The maximum atomic E-state index is 13.1. The fraction of sp³-hybridized carbons (Fsp3) is 0.208. The van der Waals surface area contributed by atoms with E-state index in [4.69, 9.17) is 5.11 Å². The Morgan fingerprint density at radius 2 is 1.36 bits per heavy atom. The van der Waals surface area contributed by atoms with E-state index in [-0.39, 0.29) is 29.4 Å². The van der Waals surface area contributed by atoms with Crippen LogP contribution in [0, 0.1) is 0 Å². The fourth-order valence-corrected chi connectivity index (χ4v) is 4.59. The van der Waals surface area contributed by atoms with Gasteiger partial charge >= 0.3 is 18.3 Å². The Kier molecular flexibility index (Phi) is 7.68. The first-order chi connectivity index (χ1) is 16.7. The Morgan fingerprint density at radius 1 is 0.806 bits per heavy atom. The maximum Gasteiger partial charge on any atom is 0.416 e. The van der Waals surface area contributed by atoms with Crippen LogP contribution in [0.15, 0.2) is 71.6 Å². The second-order valence-electron chi connectivity index (χ2n) is 7.86. The van der Waals surface area contributed by atoms with Crippen LogP contribution >= 0.6 is 0 Å². The number of carboxylic acid groups (broad SMARTS) is 1. The zero-order chi connectivity index (χ0) is 26.7. The lowest BCUT2D eigenvalue weighted by Crippen LogP contribution is -2.18. The highest BCUT2D eigenvalue weighted by Crippen LogP contribution is 2.37. The number of aryl methyl sites for hydroxylation is 2. The van der Waals surface area contributed by atoms with Gasteiger partial charge in [-0.3, -0.25) is 4.72 Å². The second kappa shape index (κ2) is 10.2. The molecule has 0 amide bonds. The lowest BCUT2D eigenvalue weighted by atomic mass is 10.0. The summed E-state index contributed by atoms with van der Waals surface area (Å²) >= 11 is 0. The molecule has 36 heavy (non-hydrogen) atoms. The van der Waals surface area contributed by atoms with E-state index in [1.54, 1.807) is 24.3 Å². The number of anilines is 1. The van der Waals surface area contributed by atoms with E-state index in [0.717, 1.165) is 5.56 Å². The van der Waals surface area contributed by atoms with Crippen molar-refractivity contribution in [2.24, 2.45) is 0 Å². The van der Waals surface area contributed by atoms with Gasteiger partial charge in [-0.05, 0) is 66.8 Å². The molecule has 3 aromatic carbocycles. The van der Waals surface area contributed by atoms with Crippen molar-refractivity contribution in [3.63, 3.8) is 0 Å². The van der Waals surface area contributed by atoms with Gasteiger partial charge in [-0.1, -0.05) is 30.3 Å². The first kappa shape index (κ1) is 27.1. The number of halogens is 6. The SMILES string of the molecule is O=C(O)c1ccc(CCCc2ccccc2NS(=O)(=O)c2cc(C(F)(F)F)cc(C(F)(F)F)c2)cc1. The monoisotopic (exact) mass is 531 g/mol. The molecule has 192 valence electrons. The molecular weight excluding hydrogens is 512 g/mol. The summed E-state index contributed by atoms with van der Waals surface area (Å²) in [7, 11) is -4.80. The number of carboxylic acids is 1. The number of hydrogen-bond acceptors (Lipinski definition) is 3. The number of carbonyl (C=O) groups is 1. The predicted octanol–water partition coefficient (Wildman–Crippen LogP) is 6.40. The minimum Gasteiger partial charge on any atom is -0.478 e. The van der Waals surface area contributed by atoms with E-state index in [1.807, 2.05) is 0 Å².